The number of hydrogen-bond acceptors (Lipinski definition) is 3. The minimum Gasteiger partial charge on any atom is -0.494 e. The fourth-order valence-corrected chi connectivity index (χ4v) is 2.09. The van der Waals surface area contributed by atoms with Crippen LogP contribution >= 0.6 is 0 Å². The zero-order valence-corrected chi connectivity index (χ0v) is 12.1. The molecule has 0 radical (unpaired) electrons. The third-order valence-electron chi connectivity index (χ3n) is 3.39. The van der Waals surface area contributed by atoms with Crippen LogP contribution in [0.4, 0.5) is 0 Å². The molecule has 0 saturated carbocycles. The third-order valence-corrected chi connectivity index (χ3v) is 3.39. The molecule has 0 bridgehead atoms. The second-order valence-electron chi connectivity index (χ2n) is 4.86. The van der Waals surface area contributed by atoms with Crippen molar-refractivity contribution in [3.05, 3.63) is 48.0 Å². The molecular weight excluding hydrogens is 252 g/mol. The van der Waals surface area contributed by atoms with Crippen molar-refractivity contribution in [3.63, 3.8) is 0 Å². The van der Waals surface area contributed by atoms with Crippen LogP contribution in [0.3, 0.4) is 0 Å². The molecule has 1 unspecified atom stereocenters. The Morgan fingerprint density at radius 1 is 1.30 bits per heavy atom. The van der Waals surface area contributed by atoms with E-state index >= 15 is 0 Å². The molecule has 0 aliphatic heterocycles. The summed E-state index contributed by atoms with van der Waals surface area (Å²) in [7, 11) is 0. The maximum absolute atomic E-state index is 9.72. The molecular formula is C16H22N2O2. The van der Waals surface area contributed by atoms with Gasteiger partial charge in [-0.05, 0) is 37.5 Å². The van der Waals surface area contributed by atoms with Gasteiger partial charge in [-0.25, -0.2) is 4.98 Å². The van der Waals surface area contributed by atoms with Gasteiger partial charge in [0.15, 0.2) is 0 Å². The molecule has 0 fully saturated rings. The molecule has 4 heteroatoms. The van der Waals surface area contributed by atoms with Crippen molar-refractivity contribution in [2.75, 3.05) is 6.61 Å². The van der Waals surface area contributed by atoms with Gasteiger partial charge in [-0.15, -0.1) is 0 Å². The number of nitrogens with zero attached hydrogens (tertiary/aromatic N) is 2. The Labute approximate surface area is 120 Å². The van der Waals surface area contributed by atoms with E-state index in [1.807, 2.05) is 50.5 Å². The first-order chi connectivity index (χ1) is 9.70. The summed E-state index contributed by atoms with van der Waals surface area (Å²) in [6.45, 7) is 5.55. The Morgan fingerprint density at radius 2 is 2.05 bits per heavy atom. The van der Waals surface area contributed by atoms with Gasteiger partial charge in [0.05, 0.1) is 12.7 Å². The molecule has 108 valence electrons. The van der Waals surface area contributed by atoms with Crippen LogP contribution in [0.25, 0.3) is 0 Å². The van der Waals surface area contributed by atoms with E-state index in [9.17, 15) is 5.11 Å². The molecule has 1 aromatic heterocycles. The number of hydrogen-bond donors (Lipinski definition) is 1. The molecule has 4 nitrogen and oxygen atoms in total. The number of benzene rings is 1. The van der Waals surface area contributed by atoms with E-state index in [0.29, 0.717) is 6.61 Å². The first-order valence-electron chi connectivity index (χ1n) is 7.09. The van der Waals surface area contributed by atoms with E-state index < -0.39 is 0 Å². The van der Waals surface area contributed by atoms with Gasteiger partial charge in [0.1, 0.15) is 11.6 Å². The van der Waals surface area contributed by atoms with Crippen molar-refractivity contribution in [1.82, 2.24) is 9.55 Å². The molecule has 0 aliphatic rings. The van der Waals surface area contributed by atoms with E-state index in [1.165, 1.54) is 0 Å². The predicted octanol–water partition coefficient (Wildman–Crippen LogP) is 3.10. The molecule has 2 aromatic rings. The number of aryl methyl sites for hydroxylation is 2. The first-order valence-corrected chi connectivity index (χ1v) is 7.09. The Kier molecular flexibility index (Phi) is 5.18. The molecule has 20 heavy (non-hydrogen) atoms. The molecule has 1 heterocycles. The number of imidazole rings is 1. The minimum atomic E-state index is -0.381. The third kappa shape index (κ3) is 3.84. The van der Waals surface area contributed by atoms with Crippen molar-refractivity contribution < 1.29 is 9.84 Å². The Bertz CT molecular complexity index is 520. The summed E-state index contributed by atoms with van der Waals surface area (Å²) in [6.07, 6.45) is 5.08. The Balaban J connectivity index is 1.75. The smallest absolute Gasteiger partial charge is 0.119 e. The van der Waals surface area contributed by atoms with Gasteiger partial charge in [-0.1, -0.05) is 19.1 Å². The largest absolute Gasteiger partial charge is 0.494 e. The Hall–Kier alpha value is -1.81. The van der Waals surface area contributed by atoms with E-state index in [0.717, 1.165) is 36.5 Å². The average molecular weight is 274 g/mol. The fourth-order valence-electron chi connectivity index (χ4n) is 2.09. The van der Waals surface area contributed by atoms with Crippen molar-refractivity contribution in [2.24, 2.45) is 0 Å². The highest BCUT2D eigenvalue weighted by Crippen LogP contribution is 2.19. The normalized spacial score (nSPS) is 12.3. The van der Waals surface area contributed by atoms with Gasteiger partial charge in [0.2, 0.25) is 0 Å². The van der Waals surface area contributed by atoms with E-state index in [2.05, 4.69) is 9.55 Å². The molecule has 0 aliphatic carbocycles. The van der Waals surface area contributed by atoms with Crippen LogP contribution in [0.15, 0.2) is 36.7 Å². The standard InChI is InChI=1S/C16H22N2O2/c1-3-16(19)14-5-7-15(8-6-14)20-12-4-10-18-11-9-17-13(18)2/h5-9,11,16,19H,3-4,10,12H2,1-2H3. The maximum Gasteiger partial charge on any atom is 0.119 e. The zero-order chi connectivity index (χ0) is 14.4. The second-order valence-corrected chi connectivity index (χ2v) is 4.86. The number of aromatic nitrogens is 2. The zero-order valence-electron chi connectivity index (χ0n) is 12.1. The van der Waals surface area contributed by atoms with Gasteiger partial charge in [-0.3, -0.25) is 0 Å². The summed E-state index contributed by atoms with van der Waals surface area (Å²) < 4.78 is 7.81. The van der Waals surface area contributed by atoms with Crippen LogP contribution in [-0.2, 0) is 6.54 Å². The quantitative estimate of drug-likeness (QED) is 0.789. The van der Waals surface area contributed by atoms with E-state index in [1.54, 1.807) is 0 Å². The summed E-state index contributed by atoms with van der Waals surface area (Å²) in [5.41, 5.74) is 0.939. The minimum absolute atomic E-state index is 0.381. The lowest BCUT2D eigenvalue weighted by Crippen LogP contribution is -2.05. The summed E-state index contributed by atoms with van der Waals surface area (Å²) in [5, 5.41) is 9.72. The van der Waals surface area contributed by atoms with E-state index in [4.69, 9.17) is 4.74 Å². The molecule has 0 spiro atoms. The van der Waals surface area contributed by atoms with Crippen molar-refractivity contribution in [3.8, 4) is 5.75 Å². The van der Waals surface area contributed by atoms with Crippen LogP contribution in [0, 0.1) is 6.92 Å². The van der Waals surface area contributed by atoms with Crippen LogP contribution in [0.5, 0.6) is 5.75 Å². The van der Waals surface area contributed by atoms with Gasteiger partial charge < -0.3 is 14.4 Å². The lowest BCUT2D eigenvalue weighted by atomic mass is 10.1. The summed E-state index contributed by atoms with van der Waals surface area (Å²) in [5.74, 6) is 1.88. The number of rotatable bonds is 7. The van der Waals surface area contributed by atoms with Crippen LogP contribution in [-0.4, -0.2) is 21.3 Å². The monoisotopic (exact) mass is 274 g/mol. The summed E-state index contributed by atoms with van der Waals surface area (Å²) in [4.78, 5) is 4.19. The molecule has 2 rings (SSSR count). The molecule has 1 aromatic carbocycles. The molecule has 1 N–H and O–H groups in total. The van der Waals surface area contributed by atoms with Crippen molar-refractivity contribution in [2.45, 2.75) is 39.3 Å². The first kappa shape index (κ1) is 14.6. The SMILES string of the molecule is CCC(O)c1ccc(OCCCn2ccnc2C)cc1. The highest BCUT2D eigenvalue weighted by molar-refractivity contribution is 5.28. The number of aliphatic hydroxyl groups excluding tert-OH is 1. The second kappa shape index (κ2) is 7.10. The number of aliphatic hydroxyl groups is 1. The summed E-state index contributed by atoms with van der Waals surface area (Å²) in [6, 6.07) is 7.67. The highest BCUT2D eigenvalue weighted by atomic mass is 16.5. The summed E-state index contributed by atoms with van der Waals surface area (Å²) >= 11 is 0. The lowest BCUT2D eigenvalue weighted by molar-refractivity contribution is 0.173. The molecule has 1 atom stereocenters. The van der Waals surface area contributed by atoms with Crippen molar-refractivity contribution in [1.29, 1.82) is 0 Å². The van der Waals surface area contributed by atoms with Gasteiger partial charge in [0.25, 0.3) is 0 Å². The Morgan fingerprint density at radius 3 is 2.65 bits per heavy atom. The fraction of sp³-hybridized carbons (Fsp3) is 0.438. The lowest BCUT2D eigenvalue weighted by Gasteiger charge is -2.10. The van der Waals surface area contributed by atoms with Crippen LogP contribution in [0.2, 0.25) is 0 Å². The molecule has 0 saturated heterocycles. The van der Waals surface area contributed by atoms with Crippen LogP contribution in [0.1, 0.15) is 37.3 Å². The van der Waals surface area contributed by atoms with E-state index in [-0.39, 0.29) is 6.10 Å². The predicted molar refractivity (Wildman–Crippen MR) is 78.8 cm³/mol. The molecule has 0 amide bonds. The maximum atomic E-state index is 9.72. The van der Waals surface area contributed by atoms with Crippen LogP contribution < -0.4 is 4.74 Å². The highest BCUT2D eigenvalue weighted by Gasteiger charge is 2.04. The van der Waals surface area contributed by atoms with Gasteiger partial charge in [0, 0.05) is 18.9 Å². The van der Waals surface area contributed by atoms with Gasteiger partial charge in [-0.2, -0.15) is 0 Å². The number of ether oxygens (including phenoxy) is 1. The topological polar surface area (TPSA) is 47.3 Å². The van der Waals surface area contributed by atoms with Gasteiger partial charge >= 0.3 is 0 Å². The van der Waals surface area contributed by atoms with Crippen molar-refractivity contribution >= 4 is 0 Å². The average Bonchev–Trinajstić information content (AvgIpc) is 2.89.